The van der Waals surface area contributed by atoms with Crippen molar-refractivity contribution < 1.29 is 4.79 Å². The van der Waals surface area contributed by atoms with Crippen LogP contribution in [-0.2, 0) is 4.79 Å². The van der Waals surface area contributed by atoms with Crippen molar-refractivity contribution in [3.63, 3.8) is 0 Å². The Kier molecular flexibility index (Phi) is 2.91. The van der Waals surface area contributed by atoms with Crippen LogP contribution in [0.4, 0.5) is 0 Å². The number of rotatable bonds is 2. The first-order valence-electron chi connectivity index (χ1n) is 3.16. The smallest absolute Gasteiger partial charge is 0.159 e. The minimum absolute atomic E-state index is 0.182. The minimum atomic E-state index is 0.182. The highest BCUT2D eigenvalue weighted by molar-refractivity contribution is 14.1. The lowest BCUT2D eigenvalue weighted by molar-refractivity contribution is -0.117. The number of ketones is 1. The monoisotopic (exact) mass is 239 g/mol. The fourth-order valence-electron chi connectivity index (χ4n) is 1.05. The standard InChI is InChI=1S/C6H10INO/c7-4-6(9)5-2-1-3-8-5/h5,8H,1-4H2. The predicted molar refractivity (Wildman–Crippen MR) is 44.9 cm³/mol. The van der Waals surface area contributed by atoms with Crippen molar-refractivity contribution in [2.75, 3.05) is 11.0 Å². The summed E-state index contributed by atoms with van der Waals surface area (Å²) in [7, 11) is 0. The van der Waals surface area contributed by atoms with Crippen molar-refractivity contribution in [3.8, 4) is 0 Å². The SMILES string of the molecule is O=C(CI)C1CCCN1. The zero-order chi connectivity index (χ0) is 6.69. The van der Waals surface area contributed by atoms with Crippen molar-refractivity contribution in [2.45, 2.75) is 18.9 Å². The van der Waals surface area contributed by atoms with Crippen LogP contribution in [0.15, 0.2) is 0 Å². The lowest BCUT2D eigenvalue weighted by Crippen LogP contribution is -2.31. The average molecular weight is 239 g/mol. The first kappa shape index (κ1) is 7.47. The number of carbonyl (C=O) groups is 1. The molecule has 1 aliphatic heterocycles. The molecule has 9 heavy (non-hydrogen) atoms. The number of carbonyl (C=O) groups excluding carboxylic acids is 1. The van der Waals surface area contributed by atoms with Crippen LogP contribution >= 0.6 is 22.6 Å². The molecule has 0 aliphatic carbocycles. The fraction of sp³-hybridized carbons (Fsp3) is 0.833. The van der Waals surface area contributed by atoms with E-state index >= 15 is 0 Å². The number of hydrogen-bond acceptors (Lipinski definition) is 2. The Balaban J connectivity index is 2.32. The van der Waals surface area contributed by atoms with Gasteiger partial charge in [0.1, 0.15) is 0 Å². The van der Waals surface area contributed by atoms with Crippen LogP contribution in [-0.4, -0.2) is 22.8 Å². The first-order chi connectivity index (χ1) is 4.34. The summed E-state index contributed by atoms with van der Waals surface area (Å²) in [5.74, 6) is 0.355. The van der Waals surface area contributed by atoms with Gasteiger partial charge in [0, 0.05) is 0 Å². The Bertz CT molecular complexity index is 110. The van der Waals surface area contributed by atoms with Gasteiger partial charge in [-0.05, 0) is 19.4 Å². The number of Topliss-reactive ketones (excluding diaryl/α,β-unsaturated/α-hetero) is 1. The van der Waals surface area contributed by atoms with E-state index in [0.29, 0.717) is 10.2 Å². The molecule has 0 spiro atoms. The van der Waals surface area contributed by atoms with Crippen molar-refractivity contribution in [3.05, 3.63) is 0 Å². The van der Waals surface area contributed by atoms with Crippen molar-refractivity contribution in [2.24, 2.45) is 0 Å². The van der Waals surface area contributed by atoms with Crippen LogP contribution in [0.5, 0.6) is 0 Å². The van der Waals surface area contributed by atoms with Gasteiger partial charge in [0.2, 0.25) is 0 Å². The number of nitrogens with one attached hydrogen (secondary N) is 1. The average Bonchev–Trinajstić information content (AvgIpc) is 2.37. The molecule has 52 valence electrons. The molecule has 1 heterocycles. The van der Waals surface area contributed by atoms with Crippen molar-refractivity contribution in [1.82, 2.24) is 5.32 Å². The molecule has 0 bridgehead atoms. The Morgan fingerprint density at radius 2 is 2.56 bits per heavy atom. The molecule has 0 radical (unpaired) electrons. The maximum Gasteiger partial charge on any atom is 0.159 e. The van der Waals surface area contributed by atoms with Crippen molar-refractivity contribution in [1.29, 1.82) is 0 Å². The number of alkyl halides is 1. The third-order valence-electron chi connectivity index (χ3n) is 1.58. The van der Waals surface area contributed by atoms with E-state index in [2.05, 4.69) is 27.9 Å². The molecule has 1 aliphatic rings. The largest absolute Gasteiger partial charge is 0.307 e. The summed E-state index contributed by atoms with van der Waals surface area (Å²) >= 11 is 2.11. The molecular formula is C6H10INO. The topological polar surface area (TPSA) is 29.1 Å². The molecule has 1 N–H and O–H groups in total. The summed E-state index contributed by atoms with van der Waals surface area (Å²) in [6.45, 7) is 1.02. The Hall–Kier alpha value is 0.360. The van der Waals surface area contributed by atoms with Gasteiger partial charge in [0.05, 0.1) is 10.5 Å². The van der Waals surface area contributed by atoms with Gasteiger partial charge in [-0.25, -0.2) is 0 Å². The summed E-state index contributed by atoms with van der Waals surface area (Å²) in [4.78, 5) is 10.9. The molecule has 1 unspecified atom stereocenters. The number of hydrogen-bond donors (Lipinski definition) is 1. The van der Waals surface area contributed by atoms with Crippen molar-refractivity contribution >= 4 is 28.4 Å². The van der Waals surface area contributed by atoms with E-state index in [0.717, 1.165) is 19.4 Å². The summed E-state index contributed by atoms with van der Waals surface area (Å²) in [5, 5.41) is 3.15. The third kappa shape index (κ3) is 1.89. The zero-order valence-corrected chi connectivity index (χ0v) is 7.35. The fourth-order valence-corrected chi connectivity index (χ4v) is 1.58. The molecule has 0 aromatic heterocycles. The van der Waals surface area contributed by atoms with E-state index in [1.54, 1.807) is 0 Å². The Labute approximate surface area is 68.5 Å². The van der Waals surface area contributed by atoms with Gasteiger partial charge in [0.25, 0.3) is 0 Å². The molecule has 3 heteroatoms. The van der Waals surface area contributed by atoms with Crippen LogP contribution < -0.4 is 5.32 Å². The van der Waals surface area contributed by atoms with Gasteiger partial charge >= 0.3 is 0 Å². The number of halogens is 1. The lowest BCUT2D eigenvalue weighted by Gasteiger charge is -2.03. The second kappa shape index (κ2) is 3.51. The summed E-state index contributed by atoms with van der Waals surface area (Å²) < 4.78 is 0.648. The molecule has 0 amide bonds. The van der Waals surface area contributed by atoms with E-state index in [-0.39, 0.29) is 6.04 Å². The minimum Gasteiger partial charge on any atom is -0.307 e. The molecule has 1 atom stereocenters. The van der Waals surface area contributed by atoms with Gasteiger partial charge < -0.3 is 5.32 Å². The summed E-state index contributed by atoms with van der Waals surface area (Å²) in [6, 6.07) is 0.182. The van der Waals surface area contributed by atoms with Gasteiger partial charge in [-0.15, -0.1) is 0 Å². The Morgan fingerprint density at radius 1 is 1.78 bits per heavy atom. The molecule has 1 fully saturated rings. The van der Waals surface area contributed by atoms with E-state index in [1.165, 1.54) is 0 Å². The predicted octanol–water partition coefficient (Wildman–Crippen LogP) is 0.743. The normalized spacial score (nSPS) is 26.6. The molecule has 1 saturated heterocycles. The maximum absolute atomic E-state index is 10.9. The maximum atomic E-state index is 10.9. The molecule has 1 rings (SSSR count). The van der Waals surface area contributed by atoms with E-state index in [1.807, 2.05) is 0 Å². The second-order valence-corrected chi connectivity index (χ2v) is 3.01. The Morgan fingerprint density at radius 3 is 3.00 bits per heavy atom. The molecule has 2 nitrogen and oxygen atoms in total. The lowest BCUT2D eigenvalue weighted by atomic mass is 10.2. The van der Waals surface area contributed by atoms with E-state index in [9.17, 15) is 4.79 Å². The molecule has 0 aromatic carbocycles. The quantitative estimate of drug-likeness (QED) is 0.568. The van der Waals surface area contributed by atoms with Crippen LogP contribution in [0.3, 0.4) is 0 Å². The summed E-state index contributed by atoms with van der Waals surface area (Å²) in [5.41, 5.74) is 0. The highest BCUT2D eigenvalue weighted by Crippen LogP contribution is 2.06. The van der Waals surface area contributed by atoms with Crippen LogP contribution in [0.1, 0.15) is 12.8 Å². The van der Waals surface area contributed by atoms with Crippen LogP contribution in [0.2, 0.25) is 0 Å². The van der Waals surface area contributed by atoms with Gasteiger partial charge in [0.15, 0.2) is 5.78 Å². The first-order valence-corrected chi connectivity index (χ1v) is 4.69. The highest BCUT2D eigenvalue weighted by atomic mass is 127. The second-order valence-electron chi connectivity index (χ2n) is 2.25. The zero-order valence-electron chi connectivity index (χ0n) is 5.19. The molecule has 0 saturated carbocycles. The summed E-state index contributed by atoms with van der Waals surface area (Å²) in [6.07, 6.45) is 2.20. The van der Waals surface area contributed by atoms with Crippen LogP contribution in [0.25, 0.3) is 0 Å². The van der Waals surface area contributed by atoms with Gasteiger partial charge in [-0.1, -0.05) is 22.6 Å². The van der Waals surface area contributed by atoms with Gasteiger partial charge in [-0.3, -0.25) is 4.79 Å². The van der Waals surface area contributed by atoms with E-state index < -0.39 is 0 Å². The molecule has 0 aromatic rings. The highest BCUT2D eigenvalue weighted by Gasteiger charge is 2.19. The van der Waals surface area contributed by atoms with Crippen LogP contribution in [0, 0.1) is 0 Å². The third-order valence-corrected chi connectivity index (χ3v) is 2.33. The van der Waals surface area contributed by atoms with E-state index in [4.69, 9.17) is 0 Å². The molecular weight excluding hydrogens is 229 g/mol. The van der Waals surface area contributed by atoms with Gasteiger partial charge in [-0.2, -0.15) is 0 Å².